The van der Waals surface area contributed by atoms with Gasteiger partial charge in [0.1, 0.15) is 17.2 Å². The van der Waals surface area contributed by atoms with Gasteiger partial charge in [0.2, 0.25) is 5.82 Å². The normalized spacial score (nSPS) is 12.2. The lowest BCUT2D eigenvalue weighted by Crippen LogP contribution is -2.24. The molecule has 31 heavy (non-hydrogen) atoms. The number of hydrogen-bond acceptors (Lipinski definition) is 5. The first-order chi connectivity index (χ1) is 14.8. The molecule has 1 aromatic carbocycles. The maximum absolute atomic E-state index is 15.4. The molecule has 0 fully saturated rings. The van der Waals surface area contributed by atoms with E-state index in [0.717, 1.165) is 10.6 Å². The van der Waals surface area contributed by atoms with Crippen molar-refractivity contribution in [3.05, 3.63) is 71.6 Å². The second-order valence-electron chi connectivity index (χ2n) is 7.08. The van der Waals surface area contributed by atoms with Crippen LogP contribution >= 0.6 is 0 Å². The van der Waals surface area contributed by atoms with Crippen molar-refractivity contribution in [2.45, 2.75) is 12.8 Å². The molecule has 4 heterocycles. The highest BCUT2D eigenvalue weighted by molar-refractivity contribution is 5.85. The van der Waals surface area contributed by atoms with E-state index in [0.29, 0.717) is 16.8 Å². The Kier molecular flexibility index (Phi) is 4.04. The van der Waals surface area contributed by atoms with E-state index in [1.807, 2.05) is 0 Å². The van der Waals surface area contributed by atoms with Crippen molar-refractivity contribution in [1.82, 2.24) is 34.6 Å². The van der Waals surface area contributed by atoms with Gasteiger partial charge in [-0.3, -0.25) is 9.67 Å². The summed E-state index contributed by atoms with van der Waals surface area (Å²) in [4.78, 5) is 4.03. The van der Waals surface area contributed by atoms with Crippen molar-refractivity contribution in [1.29, 1.82) is 0 Å². The molecule has 0 aliphatic rings. The van der Waals surface area contributed by atoms with Crippen LogP contribution in [0, 0.1) is 18.6 Å². The van der Waals surface area contributed by atoms with E-state index in [1.165, 1.54) is 29.2 Å². The van der Waals surface area contributed by atoms with Crippen LogP contribution in [0.4, 0.5) is 17.6 Å². The lowest BCUT2D eigenvalue weighted by atomic mass is 10.0. The molecular formula is C20H13F4N7. The van der Waals surface area contributed by atoms with Gasteiger partial charge < -0.3 is 0 Å². The highest BCUT2D eigenvalue weighted by Gasteiger charge is 2.45. The van der Waals surface area contributed by atoms with Gasteiger partial charge in [-0.05, 0) is 25.1 Å². The Hall–Kier alpha value is -3.89. The summed E-state index contributed by atoms with van der Waals surface area (Å²) >= 11 is 0. The fraction of sp³-hybridized carbons (Fsp3) is 0.150. The molecule has 0 N–H and O–H groups in total. The molecule has 0 unspecified atom stereocenters. The predicted molar refractivity (Wildman–Crippen MR) is 102 cm³/mol. The highest BCUT2D eigenvalue weighted by atomic mass is 19.3. The van der Waals surface area contributed by atoms with Crippen molar-refractivity contribution in [3.63, 3.8) is 0 Å². The van der Waals surface area contributed by atoms with Gasteiger partial charge in [0.15, 0.2) is 5.65 Å². The van der Waals surface area contributed by atoms with Crippen molar-refractivity contribution in [2.75, 3.05) is 0 Å². The van der Waals surface area contributed by atoms with Gasteiger partial charge in [0, 0.05) is 42.0 Å². The van der Waals surface area contributed by atoms with Gasteiger partial charge in [-0.15, -0.1) is 10.2 Å². The Bertz CT molecular complexity index is 1470. The molecule has 156 valence electrons. The van der Waals surface area contributed by atoms with E-state index in [2.05, 4.69) is 25.4 Å². The molecule has 7 nitrogen and oxygen atoms in total. The van der Waals surface area contributed by atoms with Gasteiger partial charge >= 0.3 is 5.92 Å². The standard InChI is InChI=1S/C20H13F4N7/c1-10-3-4-16-27-28-19(31(16)29-10)20(23,24)17-14(21)6-15-13(18(17)22)5-11(7-25-15)12-8-26-30(2)9-12/h3-9H,1-2H3. The summed E-state index contributed by atoms with van der Waals surface area (Å²) in [5.41, 5.74) is -0.0378. The van der Waals surface area contributed by atoms with Crippen molar-refractivity contribution >= 4 is 16.6 Å². The summed E-state index contributed by atoms with van der Waals surface area (Å²) < 4.78 is 63.1. The molecule has 0 aliphatic heterocycles. The molecule has 0 atom stereocenters. The third kappa shape index (κ3) is 2.92. The predicted octanol–water partition coefficient (Wildman–Crippen LogP) is 3.80. The van der Waals surface area contributed by atoms with E-state index < -0.39 is 28.9 Å². The molecule has 4 aromatic heterocycles. The third-order valence-corrected chi connectivity index (χ3v) is 4.91. The van der Waals surface area contributed by atoms with Crippen LogP contribution in [0.2, 0.25) is 0 Å². The molecule has 11 heteroatoms. The van der Waals surface area contributed by atoms with Crippen LogP contribution in [0.15, 0.2) is 42.9 Å². The van der Waals surface area contributed by atoms with Crippen molar-refractivity contribution in [3.8, 4) is 11.1 Å². The summed E-state index contributed by atoms with van der Waals surface area (Å²) in [6, 6.07) is 5.11. The quantitative estimate of drug-likeness (QED) is 0.410. The first kappa shape index (κ1) is 19.1. The third-order valence-electron chi connectivity index (χ3n) is 4.91. The average molecular weight is 427 g/mol. The molecule has 0 radical (unpaired) electrons. The van der Waals surface area contributed by atoms with Gasteiger partial charge in [-0.1, -0.05) is 0 Å². The molecule has 0 aliphatic carbocycles. The fourth-order valence-corrected chi connectivity index (χ4v) is 3.40. The van der Waals surface area contributed by atoms with Crippen LogP contribution in [0.1, 0.15) is 17.1 Å². The summed E-state index contributed by atoms with van der Waals surface area (Å²) in [6.45, 7) is 1.59. The smallest absolute Gasteiger partial charge is 0.275 e. The van der Waals surface area contributed by atoms with Crippen LogP contribution in [-0.4, -0.2) is 34.6 Å². The molecular weight excluding hydrogens is 414 g/mol. The minimum absolute atomic E-state index is 0.0300. The van der Waals surface area contributed by atoms with Crippen LogP contribution in [0.25, 0.3) is 27.7 Å². The number of benzene rings is 1. The number of alkyl halides is 2. The fourth-order valence-electron chi connectivity index (χ4n) is 3.40. The maximum atomic E-state index is 15.4. The van der Waals surface area contributed by atoms with E-state index in [-0.39, 0.29) is 16.6 Å². The monoisotopic (exact) mass is 427 g/mol. The Morgan fingerprint density at radius 3 is 2.55 bits per heavy atom. The van der Waals surface area contributed by atoms with E-state index in [9.17, 15) is 4.39 Å². The van der Waals surface area contributed by atoms with Crippen LogP contribution in [-0.2, 0) is 13.0 Å². The average Bonchev–Trinajstić information content (AvgIpc) is 3.34. The SMILES string of the molecule is Cc1ccc2nnc(C(F)(F)c3c(F)cc4ncc(-c5cnn(C)c5)cc4c3F)n2n1. The minimum atomic E-state index is -4.15. The number of hydrogen-bond donors (Lipinski definition) is 0. The summed E-state index contributed by atoms with van der Waals surface area (Å²) in [5.74, 6) is -8.00. The summed E-state index contributed by atoms with van der Waals surface area (Å²) in [7, 11) is 1.70. The summed E-state index contributed by atoms with van der Waals surface area (Å²) in [5, 5.41) is 14.8. The van der Waals surface area contributed by atoms with Crippen LogP contribution < -0.4 is 0 Å². The van der Waals surface area contributed by atoms with E-state index >= 15 is 13.2 Å². The number of halogens is 4. The Morgan fingerprint density at radius 2 is 1.81 bits per heavy atom. The molecule has 5 rings (SSSR count). The second kappa shape index (κ2) is 6.56. The van der Waals surface area contributed by atoms with Gasteiger partial charge in [0.05, 0.1) is 17.4 Å². The van der Waals surface area contributed by atoms with E-state index in [1.54, 1.807) is 26.2 Å². The molecule has 0 amide bonds. The molecule has 0 saturated heterocycles. The maximum Gasteiger partial charge on any atom is 0.339 e. The van der Waals surface area contributed by atoms with Crippen molar-refractivity contribution in [2.24, 2.45) is 7.05 Å². The molecule has 0 bridgehead atoms. The second-order valence-corrected chi connectivity index (χ2v) is 7.08. The zero-order chi connectivity index (χ0) is 21.9. The largest absolute Gasteiger partial charge is 0.339 e. The number of fused-ring (bicyclic) bond motifs is 2. The van der Waals surface area contributed by atoms with Gasteiger partial charge in [-0.25, -0.2) is 8.78 Å². The number of aromatic nitrogens is 7. The van der Waals surface area contributed by atoms with Crippen LogP contribution in [0.5, 0.6) is 0 Å². The molecule has 5 aromatic rings. The number of aryl methyl sites for hydroxylation is 2. The zero-order valence-corrected chi connectivity index (χ0v) is 16.2. The number of rotatable bonds is 3. The molecule has 0 saturated carbocycles. The topological polar surface area (TPSA) is 73.8 Å². The molecule has 0 spiro atoms. The van der Waals surface area contributed by atoms with Gasteiger partial charge in [-0.2, -0.15) is 23.5 Å². The summed E-state index contributed by atoms with van der Waals surface area (Å²) in [6.07, 6.45) is 4.58. The number of nitrogens with zero attached hydrogens (tertiary/aromatic N) is 7. The lowest BCUT2D eigenvalue weighted by Gasteiger charge is -2.17. The van der Waals surface area contributed by atoms with E-state index in [4.69, 9.17) is 0 Å². The first-order valence-corrected chi connectivity index (χ1v) is 9.10. The van der Waals surface area contributed by atoms with Crippen molar-refractivity contribution < 1.29 is 17.6 Å². The minimum Gasteiger partial charge on any atom is -0.275 e. The highest BCUT2D eigenvalue weighted by Crippen LogP contribution is 2.40. The zero-order valence-electron chi connectivity index (χ0n) is 16.2. The lowest BCUT2D eigenvalue weighted by molar-refractivity contribution is 0.0231. The number of pyridine rings is 1. The Labute approximate surface area is 172 Å². The Balaban J connectivity index is 1.73. The van der Waals surface area contributed by atoms with Crippen LogP contribution in [0.3, 0.4) is 0 Å². The Morgan fingerprint density at radius 1 is 1.00 bits per heavy atom. The van der Waals surface area contributed by atoms with Gasteiger partial charge in [0.25, 0.3) is 0 Å². The first-order valence-electron chi connectivity index (χ1n) is 9.10.